The van der Waals surface area contributed by atoms with Crippen LogP contribution in [0, 0.1) is 5.92 Å². The monoisotopic (exact) mass is 325 g/mol. The summed E-state index contributed by atoms with van der Waals surface area (Å²) in [5, 5.41) is 4.89. The molecule has 0 amide bonds. The Kier molecular flexibility index (Phi) is 5.05. The molecule has 0 aromatic carbocycles. The van der Waals surface area contributed by atoms with Crippen molar-refractivity contribution in [3.8, 4) is 0 Å². The van der Waals surface area contributed by atoms with Crippen molar-refractivity contribution in [3.63, 3.8) is 0 Å². The SMILES string of the molecule is CC1CCC2(CC1)SC(=NCCN1CCOCC1)NC2(C)C. The van der Waals surface area contributed by atoms with E-state index in [1.165, 1.54) is 30.9 Å². The lowest BCUT2D eigenvalue weighted by Crippen LogP contribution is -2.52. The molecule has 0 bridgehead atoms. The normalized spacial score (nSPS) is 37.6. The van der Waals surface area contributed by atoms with Crippen LogP contribution in [-0.4, -0.2) is 59.7 Å². The van der Waals surface area contributed by atoms with Gasteiger partial charge in [0.2, 0.25) is 0 Å². The summed E-state index contributed by atoms with van der Waals surface area (Å²) in [7, 11) is 0. The van der Waals surface area contributed by atoms with Crippen LogP contribution in [0.25, 0.3) is 0 Å². The minimum atomic E-state index is 0.162. The molecule has 126 valence electrons. The van der Waals surface area contributed by atoms with Gasteiger partial charge in [0, 0.05) is 29.9 Å². The Hall–Kier alpha value is -0.260. The number of rotatable bonds is 3. The van der Waals surface area contributed by atoms with Crippen molar-refractivity contribution >= 4 is 16.9 Å². The fraction of sp³-hybridized carbons (Fsp3) is 0.941. The van der Waals surface area contributed by atoms with E-state index in [1.54, 1.807) is 0 Å². The maximum absolute atomic E-state index is 5.40. The van der Waals surface area contributed by atoms with Crippen LogP contribution in [0.3, 0.4) is 0 Å². The summed E-state index contributed by atoms with van der Waals surface area (Å²) in [5.74, 6) is 0.893. The number of hydrogen-bond donors (Lipinski definition) is 1. The zero-order chi connectivity index (χ0) is 15.6. The summed E-state index contributed by atoms with van der Waals surface area (Å²) in [6, 6.07) is 0. The average molecular weight is 326 g/mol. The Morgan fingerprint density at radius 2 is 1.95 bits per heavy atom. The number of ether oxygens (including phenoxy) is 1. The highest BCUT2D eigenvalue weighted by atomic mass is 32.2. The highest BCUT2D eigenvalue weighted by Crippen LogP contribution is 2.52. The second-order valence-corrected chi connectivity index (χ2v) is 9.04. The van der Waals surface area contributed by atoms with Crippen LogP contribution in [0.1, 0.15) is 46.5 Å². The Bertz CT molecular complexity index is 410. The molecule has 22 heavy (non-hydrogen) atoms. The number of nitrogens with zero attached hydrogens (tertiary/aromatic N) is 2. The summed E-state index contributed by atoms with van der Waals surface area (Å²) in [6.45, 7) is 12.9. The standard InChI is InChI=1S/C17H31N3OS/c1-14-4-6-17(7-5-14)16(2,3)19-15(22-17)18-8-9-20-10-12-21-13-11-20/h14H,4-13H2,1-3H3,(H,18,19). The van der Waals surface area contributed by atoms with Crippen molar-refractivity contribution in [2.75, 3.05) is 39.4 Å². The first-order valence-electron chi connectivity index (χ1n) is 8.83. The Balaban J connectivity index is 1.56. The van der Waals surface area contributed by atoms with Crippen LogP contribution in [0.15, 0.2) is 4.99 Å². The lowest BCUT2D eigenvalue weighted by atomic mass is 9.73. The van der Waals surface area contributed by atoms with Gasteiger partial charge >= 0.3 is 0 Å². The van der Waals surface area contributed by atoms with Crippen molar-refractivity contribution < 1.29 is 4.74 Å². The van der Waals surface area contributed by atoms with Crippen LogP contribution in [0.5, 0.6) is 0 Å². The maximum atomic E-state index is 5.40. The maximum Gasteiger partial charge on any atom is 0.157 e. The van der Waals surface area contributed by atoms with E-state index in [1.807, 2.05) is 11.8 Å². The molecule has 4 nitrogen and oxygen atoms in total. The Morgan fingerprint density at radius 3 is 2.64 bits per heavy atom. The summed E-state index contributed by atoms with van der Waals surface area (Å²) < 4.78 is 5.76. The molecule has 3 aliphatic rings. The fourth-order valence-corrected chi connectivity index (χ4v) is 5.44. The molecule has 2 aliphatic heterocycles. The molecule has 1 saturated carbocycles. The van der Waals surface area contributed by atoms with Crippen molar-refractivity contribution in [1.29, 1.82) is 0 Å². The van der Waals surface area contributed by atoms with Crippen LogP contribution < -0.4 is 5.32 Å². The third-order valence-corrected chi connectivity index (χ3v) is 7.44. The molecular formula is C17H31N3OS. The van der Waals surface area contributed by atoms with E-state index in [0.717, 1.165) is 45.3 Å². The summed E-state index contributed by atoms with van der Waals surface area (Å²) in [5.41, 5.74) is 0.162. The number of morpholine rings is 1. The quantitative estimate of drug-likeness (QED) is 0.866. The average Bonchev–Trinajstić information content (AvgIpc) is 2.74. The van der Waals surface area contributed by atoms with Crippen molar-refractivity contribution in [2.24, 2.45) is 10.9 Å². The predicted octanol–water partition coefficient (Wildman–Crippen LogP) is 2.74. The van der Waals surface area contributed by atoms with Gasteiger partial charge in [-0.1, -0.05) is 18.7 Å². The Morgan fingerprint density at radius 1 is 1.27 bits per heavy atom. The van der Waals surface area contributed by atoms with Gasteiger partial charge in [-0.15, -0.1) is 0 Å². The predicted molar refractivity (Wildman–Crippen MR) is 94.7 cm³/mol. The number of aliphatic imine (C=N–C) groups is 1. The van der Waals surface area contributed by atoms with Gasteiger partial charge in [0.25, 0.3) is 0 Å². The summed E-state index contributed by atoms with van der Waals surface area (Å²) in [4.78, 5) is 7.32. The van der Waals surface area contributed by atoms with Crippen LogP contribution in [-0.2, 0) is 4.74 Å². The molecule has 2 saturated heterocycles. The molecule has 3 rings (SSSR count). The van der Waals surface area contributed by atoms with Crippen molar-refractivity contribution in [3.05, 3.63) is 0 Å². The summed E-state index contributed by atoms with van der Waals surface area (Å²) >= 11 is 2.03. The second kappa shape index (κ2) is 6.70. The third kappa shape index (κ3) is 3.46. The van der Waals surface area contributed by atoms with Crippen LogP contribution >= 0.6 is 11.8 Å². The van der Waals surface area contributed by atoms with E-state index in [9.17, 15) is 0 Å². The number of thioether (sulfide) groups is 1. The van der Waals surface area contributed by atoms with E-state index in [4.69, 9.17) is 9.73 Å². The van der Waals surface area contributed by atoms with Gasteiger partial charge in [-0.05, 0) is 45.4 Å². The fourth-order valence-electron chi connectivity index (χ4n) is 3.86. The molecular weight excluding hydrogens is 294 g/mol. The molecule has 0 unspecified atom stereocenters. The van der Waals surface area contributed by atoms with E-state index in [-0.39, 0.29) is 5.54 Å². The molecule has 0 aromatic heterocycles. The molecule has 0 radical (unpaired) electrons. The van der Waals surface area contributed by atoms with Gasteiger partial charge in [0.05, 0.1) is 19.8 Å². The van der Waals surface area contributed by atoms with E-state index < -0.39 is 0 Å². The van der Waals surface area contributed by atoms with E-state index in [0.29, 0.717) is 4.75 Å². The van der Waals surface area contributed by atoms with Gasteiger partial charge in [-0.25, -0.2) is 0 Å². The first-order valence-corrected chi connectivity index (χ1v) is 9.64. The van der Waals surface area contributed by atoms with Gasteiger partial charge < -0.3 is 10.1 Å². The van der Waals surface area contributed by atoms with E-state index >= 15 is 0 Å². The number of nitrogens with one attached hydrogen (secondary N) is 1. The highest BCUT2D eigenvalue weighted by Gasteiger charge is 2.53. The Labute approximate surface area is 139 Å². The lowest BCUT2D eigenvalue weighted by molar-refractivity contribution is 0.0394. The van der Waals surface area contributed by atoms with Gasteiger partial charge in [-0.3, -0.25) is 9.89 Å². The summed E-state index contributed by atoms with van der Waals surface area (Å²) in [6.07, 6.45) is 5.36. The first kappa shape index (κ1) is 16.6. The molecule has 1 spiro atoms. The van der Waals surface area contributed by atoms with Crippen molar-refractivity contribution in [2.45, 2.75) is 56.7 Å². The van der Waals surface area contributed by atoms with Gasteiger partial charge in [-0.2, -0.15) is 0 Å². The minimum absolute atomic E-state index is 0.162. The third-order valence-electron chi connectivity index (χ3n) is 5.71. The number of amidine groups is 1. The van der Waals surface area contributed by atoms with Gasteiger partial charge in [0.15, 0.2) is 5.17 Å². The molecule has 3 fully saturated rings. The molecule has 0 aromatic rings. The van der Waals surface area contributed by atoms with Crippen LogP contribution in [0.4, 0.5) is 0 Å². The smallest absolute Gasteiger partial charge is 0.157 e. The zero-order valence-electron chi connectivity index (χ0n) is 14.4. The molecule has 0 atom stereocenters. The largest absolute Gasteiger partial charge is 0.379 e. The number of hydrogen-bond acceptors (Lipinski definition) is 4. The molecule has 5 heteroatoms. The molecule has 2 heterocycles. The van der Waals surface area contributed by atoms with Crippen molar-refractivity contribution in [1.82, 2.24) is 10.2 Å². The second-order valence-electron chi connectivity index (χ2n) is 7.67. The van der Waals surface area contributed by atoms with E-state index in [2.05, 4.69) is 31.0 Å². The minimum Gasteiger partial charge on any atom is -0.379 e. The van der Waals surface area contributed by atoms with Gasteiger partial charge in [0.1, 0.15) is 0 Å². The highest BCUT2D eigenvalue weighted by molar-refractivity contribution is 8.15. The van der Waals surface area contributed by atoms with Crippen LogP contribution in [0.2, 0.25) is 0 Å². The zero-order valence-corrected chi connectivity index (χ0v) is 15.2. The topological polar surface area (TPSA) is 36.9 Å². The molecule has 1 N–H and O–H groups in total. The molecule has 1 aliphatic carbocycles. The first-order chi connectivity index (χ1) is 10.5. The lowest BCUT2D eigenvalue weighted by Gasteiger charge is -2.43.